The molecule has 0 aromatic carbocycles. The first-order chi connectivity index (χ1) is 13.0. The van der Waals surface area contributed by atoms with Crippen molar-refractivity contribution in [1.82, 2.24) is 5.32 Å². The molecule has 0 radical (unpaired) electrons. The minimum atomic E-state index is -1.30. The Morgan fingerprint density at radius 2 is 1.46 bits per heavy atom. The SMILES string of the molecule is CC(=O)N[C@H]1/C(=N\OC(C)=O)O[C@H](COC(C)=O)[C@@H](OC(C)=O)[C@@H]1OC(C)=O. The maximum atomic E-state index is 11.6. The van der Waals surface area contributed by atoms with Gasteiger partial charge in [0.15, 0.2) is 18.3 Å². The molecule has 0 aliphatic carbocycles. The van der Waals surface area contributed by atoms with Crippen LogP contribution in [0.25, 0.3) is 0 Å². The molecule has 0 bridgehead atoms. The lowest BCUT2D eigenvalue weighted by atomic mass is 9.96. The molecule has 0 aromatic rings. The van der Waals surface area contributed by atoms with Crippen LogP contribution >= 0.6 is 0 Å². The number of nitrogens with zero attached hydrogens (tertiary/aromatic N) is 1. The van der Waals surface area contributed by atoms with Gasteiger partial charge in [-0.25, -0.2) is 4.79 Å². The fourth-order valence-electron chi connectivity index (χ4n) is 2.38. The third-order valence-corrected chi connectivity index (χ3v) is 3.23. The molecule has 4 atom stereocenters. The monoisotopic (exact) mass is 402 g/mol. The molecule has 1 N–H and O–H groups in total. The van der Waals surface area contributed by atoms with Crippen LogP contribution in [0.3, 0.4) is 0 Å². The summed E-state index contributed by atoms with van der Waals surface area (Å²) < 4.78 is 20.8. The predicted molar refractivity (Wildman–Crippen MR) is 89.4 cm³/mol. The molecule has 1 fully saturated rings. The summed E-state index contributed by atoms with van der Waals surface area (Å²) in [6.45, 7) is 5.25. The molecule has 0 unspecified atom stereocenters. The van der Waals surface area contributed by atoms with Crippen molar-refractivity contribution < 1.29 is 47.8 Å². The fraction of sp³-hybridized carbons (Fsp3) is 0.625. The molecule has 156 valence electrons. The Kier molecular flexibility index (Phi) is 8.35. The highest BCUT2D eigenvalue weighted by Crippen LogP contribution is 2.25. The number of ether oxygens (including phenoxy) is 4. The second-order valence-electron chi connectivity index (χ2n) is 5.80. The number of nitrogens with one attached hydrogen (secondary N) is 1. The summed E-state index contributed by atoms with van der Waals surface area (Å²) in [6.07, 6.45) is -3.71. The summed E-state index contributed by atoms with van der Waals surface area (Å²) >= 11 is 0. The molecule has 28 heavy (non-hydrogen) atoms. The number of rotatable bonds is 6. The third-order valence-electron chi connectivity index (χ3n) is 3.23. The van der Waals surface area contributed by atoms with E-state index in [1.807, 2.05) is 0 Å². The van der Waals surface area contributed by atoms with Crippen molar-refractivity contribution >= 4 is 35.7 Å². The molecule has 1 saturated heterocycles. The Labute approximate surface area is 160 Å². The van der Waals surface area contributed by atoms with Gasteiger partial charge in [0.1, 0.15) is 12.6 Å². The number of oxime groups is 1. The van der Waals surface area contributed by atoms with Gasteiger partial charge in [-0.2, -0.15) is 0 Å². The van der Waals surface area contributed by atoms with Crippen LogP contribution in [0.15, 0.2) is 5.16 Å². The van der Waals surface area contributed by atoms with Crippen LogP contribution < -0.4 is 5.32 Å². The van der Waals surface area contributed by atoms with E-state index in [2.05, 4.69) is 15.3 Å². The fourth-order valence-corrected chi connectivity index (χ4v) is 2.38. The van der Waals surface area contributed by atoms with Crippen molar-refractivity contribution in [3.05, 3.63) is 0 Å². The van der Waals surface area contributed by atoms with Crippen molar-refractivity contribution in [3.8, 4) is 0 Å². The molecule has 1 aliphatic rings. The molecule has 12 nitrogen and oxygen atoms in total. The van der Waals surface area contributed by atoms with Crippen LogP contribution in [0.1, 0.15) is 34.6 Å². The Morgan fingerprint density at radius 3 is 1.93 bits per heavy atom. The average Bonchev–Trinajstić information content (AvgIpc) is 2.54. The van der Waals surface area contributed by atoms with E-state index < -0.39 is 60.7 Å². The first kappa shape index (κ1) is 22.9. The highest BCUT2D eigenvalue weighted by Gasteiger charge is 2.50. The zero-order chi connectivity index (χ0) is 21.4. The topological polar surface area (TPSA) is 156 Å². The molecule has 12 heteroatoms. The average molecular weight is 402 g/mol. The van der Waals surface area contributed by atoms with E-state index in [1.165, 1.54) is 6.92 Å². The van der Waals surface area contributed by atoms with Crippen LogP contribution in [-0.2, 0) is 47.8 Å². The molecule has 0 aromatic heterocycles. The predicted octanol–water partition coefficient (Wildman–Crippen LogP) is -0.807. The lowest BCUT2D eigenvalue weighted by Gasteiger charge is -2.41. The number of carbonyl (C=O) groups excluding carboxylic acids is 5. The van der Waals surface area contributed by atoms with Gasteiger partial charge < -0.3 is 29.1 Å². The number of esters is 3. The van der Waals surface area contributed by atoms with E-state index in [0.717, 1.165) is 27.7 Å². The lowest BCUT2D eigenvalue weighted by molar-refractivity contribution is -0.186. The molecular formula is C16H22N2O10. The summed E-state index contributed by atoms with van der Waals surface area (Å²) in [7, 11) is 0. The van der Waals surface area contributed by atoms with Gasteiger partial charge in [0.25, 0.3) is 5.90 Å². The van der Waals surface area contributed by atoms with Crippen molar-refractivity contribution in [2.75, 3.05) is 6.61 Å². The second kappa shape index (κ2) is 10.2. The number of hydrogen-bond donors (Lipinski definition) is 1. The summed E-state index contributed by atoms with van der Waals surface area (Å²) in [4.78, 5) is 61.5. The van der Waals surface area contributed by atoms with Gasteiger partial charge in [0, 0.05) is 34.6 Å². The maximum Gasteiger partial charge on any atom is 0.332 e. The lowest BCUT2D eigenvalue weighted by Crippen LogP contribution is -2.64. The van der Waals surface area contributed by atoms with E-state index in [-0.39, 0.29) is 5.90 Å². The van der Waals surface area contributed by atoms with Crippen molar-refractivity contribution in [1.29, 1.82) is 0 Å². The van der Waals surface area contributed by atoms with Crippen LogP contribution in [0.4, 0.5) is 0 Å². The molecule has 1 heterocycles. The number of hydrogen-bond acceptors (Lipinski definition) is 11. The van der Waals surface area contributed by atoms with Gasteiger partial charge in [-0.05, 0) is 5.16 Å². The quantitative estimate of drug-likeness (QED) is 0.258. The number of carbonyl (C=O) groups is 5. The Hall–Kier alpha value is -3.18. The smallest absolute Gasteiger partial charge is 0.332 e. The molecule has 1 rings (SSSR count). The van der Waals surface area contributed by atoms with Crippen LogP contribution in [0.5, 0.6) is 0 Å². The zero-order valence-electron chi connectivity index (χ0n) is 16.0. The van der Waals surface area contributed by atoms with Crippen molar-refractivity contribution in [2.24, 2.45) is 5.16 Å². The van der Waals surface area contributed by atoms with Crippen molar-refractivity contribution in [2.45, 2.75) is 59.0 Å². The Bertz CT molecular complexity index is 674. The Balaban J connectivity index is 3.37. The van der Waals surface area contributed by atoms with E-state index >= 15 is 0 Å². The first-order valence-corrected chi connectivity index (χ1v) is 8.18. The van der Waals surface area contributed by atoms with Crippen LogP contribution in [0, 0.1) is 0 Å². The molecule has 1 amide bonds. The third kappa shape index (κ3) is 7.21. The van der Waals surface area contributed by atoms with Gasteiger partial charge in [0.05, 0.1) is 0 Å². The summed E-state index contributed by atoms with van der Waals surface area (Å²) in [5, 5.41) is 5.96. The largest absolute Gasteiger partial charge is 0.466 e. The molecular weight excluding hydrogens is 380 g/mol. The van der Waals surface area contributed by atoms with E-state index in [1.54, 1.807) is 0 Å². The van der Waals surface area contributed by atoms with Crippen molar-refractivity contribution in [3.63, 3.8) is 0 Å². The van der Waals surface area contributed by atoms with Gasteiger partial charge in [-0.15, -0.1) is 0 Å². The van der Waals surface area contributed by atoms with Gasteiger partial charge >= 0.3 is 23.9 Å². The zero-order valence-corrected chi connectivity index (χ0v) is 16.0. The van der Waals surface area contributed by atoms with E-state index in [9.17, 15) is 24.0 Å². The first-order valence-electron chi connectivity index (χ1n) is 8.18. The maximum absolute atomic E-state index is 11.6. The number of amides is 1. The van der Waals surface area contributed by atoms with Gasteiger partial charge in [-0.3, -0.25) is 19.2 Å². The normalized spacial score (nSPS) is 25.1. The van der Waals surface area contributed by atoms with E-state index in [4.69, 9.17) is 18.9 Å². The second-order valence-corrected chi connectivity index (χ2v) is 5.80. The summed E-state index contributed by atoms with van der Waals surface area (Å²) in [5.41, 5.74) is 0. The standard InChI is InChI=1S/C16H22N2O10/c1-7(19)17-13-15(26-10(4)22)14(25-9(3)21)12(6-24-8(2)20)27-16(13)18-28-11(5)23/h12-15H,6H2,1-5H3,(H,17,19)/b18-16+/t12-,13-,14-,15-/m1/s1. The Morgan fingerprint density at radius 1 is 0.893 bits per heavy atom. The minimum Gasteiger partial charge on any atom is -0.466 e. The van der Waals surface area contributed by atoms with Gasteiger partial charge in [0.2, 0.25) is 5.91 Å². The minimum absolute atomic E-state index is 0.336. The van der Waals surface area contributed by atoms with Crippen LogP contribution in [0.2, 0.25) is 0 Å². The highest BCUT2D eigenvalue weighted by atomic mass is 16.7. The molecule has 0 saturated carbocycles. The van der Waals surface area contributed by atoms with Gasteiger partial charge in [-0.1, -0.05) is 0 Å². The van der Waals surface area contributed by atoms with Crippen LogP contribution in [-0.4, -0.2) is 66.6 Å². The highest BCUT2D eigenvalue weighted by molar-refractivity contribution is 5.89. The van der Waals surface area contributed by atoms with E-state index in [0.29, 0.717) is 0 Å². The molecule has 1 aliphatic heterocycles. The summed E-state index contributed by atoms with van der Waals surface area (Å²) in [5.74, 6) is -3.80. The molecule has 0 spiro atoms. The summed E-state index contributed by atoms with van der Waals surface area (Å²) in [6, 6.07) is -1.24.